The average molecular weight is 231 g/mol. The molecule has 0 aromatic carbocycles. The van der Waals surface area contributed by atoms with Crippen molar-refractivity contribution in [3.05, 3.63) is 0 Å². The first kappa shape index (κ1) is 13.2. The van der Waals surface area contributed by atoms with Crippen LogP contribution in [0.5, 0.6) is 0 Å². The first-order valence-corrected chi connectivity index (χ1v) is 5.66. The number of nitrogens with one attached hydrogen (secondary N) is 1. The van der Waals surface area contributed by atoms with E-state index in [9.17, 15) is 4.79 Å². The van der Waals surface area contributed by atoms with Crippen LogP contribution >= 0.6 is 0 Å². The van der Waals surface area contributed by atoms with Crippen molar-refractivity contribution >= 4 is 6.09 Å². The Hall–Kier alpha value is -0.850. The number of ether oxygens (including phenoxy) is 1. The van der Waals surface area contributed by atoms with Crippen molar-refractivity contribution in [1.29, 1.82) is 0 Å². The molecule has 1 aliphatic rings. The number of hydrazine groups is 1. The summed E-state index contributed by atoms with van der Waals surface area (Å²) in [7, 11) is 1.59. The largest absolute Gasteiger partial charge is 0.464 e. The number of nitrogens with two attached hydrogens (primary N) is 1. The first-order chi connectivity index (χ1) is 7.69. The van der Waals surface area contributed by atoms with E-state index in [2.05, 4.69) is 5.43 Å². The van der Waals surface area contributed by atoms with Gasteiger partial charge in [0.25, 0.3) is 0 Å². The van der Waals surface area contributed by atoms with Gasteiger partial charge in [0.1, 0.15) is 0 Å². The molecule has 0 bridgehead atoms. The van der Waals surface area contributed by atoms with Crippen molar-refractivity contribution in [1.82, 2.24) is 10.4 Å². The second-order valence-electron chi connectivity index (χ2n) is 4.08. The molecule has 1 amide bonds. The number of carbonyl (C=O) groups is 1. The third-order valence-corrected chi connectivity index (χ3v) is 2.94. The van der Waals surface area contributed by atoms with Crippen molar-refractivity contribution in [2.24, 2.45) is 11.7 Å². The lowest BCUT2D eigenvalue weighted by molar-refractivity contribution is 0.0325. The van der Waals surface area contributed by atoms with E-state index in [1.54, 1.807) is 7.05 Å². The molecule has 0 aromatic heterocycles. The molecule has 0 unspecified atom stereocenters. The fourth-order valence-electron chi connectivity index (χ4n) is 2.12. The molecular formula is C10H21N3O3. The number of amides is 1. The van der Waals surface area contributed by atoms with Crippen LogP contribution < -0.4 is 11.2 Å². The fourth-order valence-corrected chi connectivity index (χ4v) is 2.12. The minimum atomic E-state index is -0.991. The monoisotopic (exact) mass is 231 g/mol. The van der Waals surface area contributed by atoms with Crippen LogP contribution in [0.4, 0.5) is 4.79 Å². The standard InChI is InChI=1S/C10H21N3O3/c1-12-13(10(14)15)9(6-11)5-8-3-2-4-16-7-8/h8-9,12H,2-7,11H2,1H3,(H,14,15)/t8-,9+/m1/s1. The van der Waals surface area contributed by atoms with Gasteiger partial charge in [-0.05, 0) is 25.2 Å². The number of carboxylic acid groups (broad SMARTS) is 1. The Kier molecular flexibility index (Phi) is 5.51. The molecule has 1 saturated heterocycles. The summed E-state index contributed by atoms with van der Waals surface area (Å²) in [5, 5.41) is 10.2. The van der Waals surface area contributed by atoms with Gasteiger partial charge in [0.05, 0.1) is 6.04 Å². The molecule has 1 heterocycles. The highest BCUT2D eigenvalue weighted by Gasteiger charge is 2.25. The van der Waals surface area contributed by atoms with E-state index in [0.717, 1.165) is 25.9 Å². The zero-order valence-corrected chi connectivity index (χ0v) is 9.69. The molecule has 0 spiro atoms. The minimum Gasteiger partial charge on any atom is -0.464 e. The number of hydrogen-bond acceptors (Lipinski definition) is 4. The lowest BCUT2D eigenvalue weighted by Crippen LogP contribution is -2.51. The van der Waals surface area contributed by atoms with E-state index in [1.807, 2.05) is 0 Å². The summed E-state index contributed by atoms with van der Waals surface area (Å²) in [4.78, 5) is 10.9. The molecule has 6 nitrogen and oxygen atoms in total. The third-order valence-electron chi connectivity index (χ3n) is 2.94. The van der Waals surface area contributed by atoms with Crippen LogP contribution in [0.1, 0.15) is 19.3 Å². The molecule has 0 aliphatic carbocycles. The Morgan fingerprint density at radius 2 is 2.50 bits per heavy atom. The maximum atomic E-state index is 10.9. The van der Waals surface area contributed by atoms with E-state index >= 15 is 0 Å². The molecule has 6 heteroatoms. The molecule has 2 atom stereocenters. The lowest BCUT2D eigenvalue weighted by atomic mass is 9.94. The summed E-state index contributed by atoms with van der Waals surface area (Å²) in [6.45, 7) is 1.86. The first-order valence-electron chi connectivity index (χ1n) is 5.66. The predicted molar refractivity (Wildman–Crippen MR) is 59.9 cm³/mol. The Morgan fingerprint density at radius 1 is 1.75 bits per heavy atom. The summed E-state index contributed by atoms with van der Waals surface area (Å²) in [5.41, 5.74) is 8.27. The third kappa shape index (κ3) is 3.62. The second kappa shape index (κ2) is 6.67. The molecular weight excluding hydrogens is 210 g/mol. The van der Waals surface area contributed by atoms with E-state index in [0.29, 0.717) is 19.1 Å². The van der Waals surface area contributed by atoms with E-state index in [1.165, 1.54) is 5.01 Å². The summed E-state index contributed by atoms with van der Waals surface area (Å²) in [5.74, 6) is 0.414. The number of nitrogens with zero attached hydrogens (tertiary/aromatic N) is 1. The smallest absolute Gasteiger partial charge is 0.422 e. The van der Waals surface area contributed by atoms with Crippen LogP contribution in [-0.4, -0.2) is 49.1 Å². The summed E-state index contributed by atoms with van der Waals surface area (Å²) in [6.07, 6.45) is 1.90. The normalized spacial score (nSPS) is 22.8. The van der Waals surface area contributed by atoms with Crippen molar-refractivity contribution < 1.29 is 14.6 Å². The van der Waals surface area contributed by atoms with Crippen LogP contribution in [0.3, 0.4) is 0 Å². The number of rotatable bonds is 5. The minimum absolute atomic E-state index is 0.186. The zero-order valence-electron chi connectivity index (χ0n) is 9.69. The lowest BCUT2D eigenvalue weighted by Gasteiger charge is -2.31. The highest BCUT2D eigenvalue weighted by atomic mass is 16.5. The SMILES string of the molecule is CNN(C(=O)O)[C@H](CN)C[C@H]1CCCOC1. The topological polar surface area (TPSA) is 87.8 Å². The van der Waals surface area contributed by atoms with Gasteiger partial charge in [0.15, 0.2) is 0 Å². The van der Waals surface area contributed by atoms with Gasteiger partial charge < -0.3 is 15.6 Å². The van der Waals surface area contributed by atoms with E-state index in [4.69, 9.17) is 15.6 Å². The maximum Gasteiger partial charge on any atom is 0.422 e. The molecule has 1 rings (SSSR count). The van der Waals surface area contributed by atoms with Crippen molar-refractivity contribution in [2.45, 2.75) is 25.3 Å². The van der Waals surface area contributed by atoms with Gasteiger partial charge in [-0.3, -0.25) is 0 Å². The van der Waals surface area contributed by atoms with Crippen LogP contribution in [0, 0.1) is 5.92 Å². The van der Waals surface area contributed by atoms with Gasteiger partial charge in [0, 0.05) is 26.8 Å². The molecule has 94 valence electrons. The van der Waals surface area contributed by atoms with Crippen molar-refractivity contribution in [3.8, 4) is 0 Å². The molecule has 0 saturated carbocycles. The molecule has 1 fully saturated rings. The highest BCUT2D eigenvalue weighted by Crippen LogP contribution is 2.20. The van der Waals surface area contributed by atoms with Crippen molar-refractivity contribution in [2.75, 3.05) is 26.8 Å². The molecule has 16 heavy (non-hydrogen) atoms. The Labute approximate surface area is 95.7 Å². The number of hydrogen-bond donors (Lipinski definition) is 3. The van der Waals surface area contributed by atoms with Crippen molar-refractivity contribution in [3.63, 3.8) is 0 Å². The molecule has 4 N–H and O–H groups in total. The van der Waals surface area contributed by atoms with E-state index in [-0.39, 0.29) is 6.04 Å². The summed E-state index contributed by atoms with van der Waals surface area (Å²) in [6, 6.07) is -0.186. The maximum absolute atomic E-state index is 10.9. The van der Waals surface area contributed by atoms with Crippen LogP contribution in [0.15, 0.2) is 0 Å². The van der Waals surface area contributed by atoms with Gasteiger partial charge >= 0.3 is 6.09 Å². The average Bonchev–Trinajstić information content (AvgIpc) is 2.29. The quantitative estimate of drug-likeness (QED) is 0.590. The highest BCUT2D eigenvalue weighted by molar-refractivity contribution is 5.64. The molecule has 0 aromatic rings. The Bertz CT molecular complexity index is 219. The predicted octanol–water partition coefficient (Wildman–Crippen LogP) is 0.245. The van der Waals surface area contributed by atoms with Crippen LogP contribution in [-0.2, 0) is 4.74 Å². The van der Waals surface area contributed by atoms with Gasteiger partial charge in [-0.25, -0.2) is 15.2 Å². The second-order valence-corrected chi connectivity index (χ2v) is 4.08. The molecule has 0 radical (unpaired) electrons. The zero-order chi connectivity index (χ0) is 12.0. The summed E-state index contributed by atoms with van der Waals surface area (Å²) < 4.78 is 5.37. The fraction of sp³-hybridized carbons (Fsp3) is 0.900. The van der Waals surface area contributed by atoms with Crippen LogP contribution in [0.25, 0.3) is 0 Å². The molecule has 1 aliphatic heterocycles. The van der Waals surface area contributed by atoms with Gasteiger partial charge in [0.2, 0.25) is 0 Å². The Morgan fingerprint density at radius 3 is 2.94 bits per heavy atom. The summed E-state index contributed by atoms with van der Waals surface area (Å²) >= 11 is 0. The van der Waals surface area contributed by atoms with E-state index < -0.39 is 6.09 Å². The van der Waals surface area contributed by atoms with Gasteiger partial charge in [-0.2, -0.15) is 0 Å². The van der Waals surface area contributed by atoms with Crippen LogP contribution in [0.2, 0.25) is 0 Å². The van der Waals surface area contributed by atoms with Gasteiger partial charge in [-0.1, -0.05) is 0 Å². The van der Waals surface area contributed by atoms with Gasteiger partial charge in [-0.15, -0.1) is 0 Å². The Balaban J connectivity index is 2.48.